The van der Waals surface area contributed by atoms with Gasteiger partial charge in [-0.25, -0.2) is 4.79 Å². The Morgan fingerprint density at radius 2 is 2.04 bits per heavy atom. The fraction of sp³-hybridized carbons (Fsp3) is 0.188. The van der Waals surface area contributed by atoms with Crippen LogP contribution in [0.4, 0.5) is 0 Å². The molecule has 118 valence electrons. The maximum absolute atomic E-state index is 11.9. The van der Waals surface area contributed by atoms with E-state index < -0.39 is 5.97 Å². The number of ether oxygens (including phenoxy) is 3. The number of carbonyl (C=O) groups is 2. The molecule has 0 saturated heterocycles. The number of pyridine rings is 1. The highest BCUT2D eigenvalue weighted by Gasteiger charge is 2.16. The molecule has 23 heavy (non-hydrogen) atoms. The fourth-order valence-corrected chi connectivity index (χ4v) is 2.01. The van der Waals surface area contributed by atoms with E-state index in [0.29, 0.717) is 22.6 Å². The van der Waals surface area contributed by atoms with Crippen molar-refractivity contribution >= 4 is 11.9 Å². The maximum atomic E-state index is 11.9. The summed E-state index contributed by atoms with van der Waals surface area (Å²) < 4.78 is 15.5. The molecule has 1 amide bonds. The highest BCUT2D eigenvalue weighted by molar-refractivity contribution is 5.93. The van der Waals surface area contributed by atoms with E-state index in [-0.39, 0.29) is 25.9 Å². The van der Waals surface area contributed by atoms with E-state index >= 15 is 0 Å². The second kappa shape index (κ2) is 6.78. The van der Waals surface area contributed by atoms with Gasteiger partial charge in [-0.2, -0.15) is 0 Å². The van der Waals surface area contributed by atoms with Crippen LogP contribution in [0.3, 0.4) is 0 Å². The van der Waals surface area contributed by atoms with E-state index in [0.717, 1.165) is 0 Å². The van der Waals surface area contributed by atoms with E-state index in [1.807, 2.05) is 0 Å². The van der Waals surface area contributed by atoms with Crippen LogP contribution in [-0.4, -0.2) is 36.8 Å². The number of nitrogens with zero attached hydrogens (tertiary/aromatic N) is 1. The molecule has 0 bridgehead atoms. The van der Waals surface area contributed by atoms with Crippen molar-refractivity contribution in [2.45, 2.75) is 0 Å². The first-order valence-electron chi connectivity index (χ1n) is 6.99. The zero-order valence-electron chi connectivity index (χ0n) is 12.2. The third kappa shape index (κ3) is 3.57. The average Bonchev–Trinajstić information content (AvgIpc) is 3.06. The summed E-state index contributed by atoms with van der Waals surface area (Å²) in [6.07, 6.45) is 3.05. The summed E-state index contributed by atoms with van der Waals surface area (Å²) in [6.45, 7) is 0.428. The Morgan fingerprint density at radius 1 is 1.17 bits per heavy atom. The lowest BCUT2D eigenvalue weighted by atomic mass is 10.2. The molecule has 0 fully saturated rings. The summed E-state index contributed by atoms with van der Waals surface area (Å²) in [5, 5.41) is 2.65. The van der Waals surface area contributed by atoms with Crippen molar-refractivity contribution in [3.8, 4) is 11.5 Å². The van der Waals surface area contributed by atoms with Crippen LogP contribution in [0.2, 0.25) is 0 Å². The number of aromatic nitrogens is 1. The summed E-state index contributed by atoms with van der Waals surface area (Å²) in [5.74, 6) is 0.366. The molecule has 0 unspecified atom stereocenters. The highest BCUT2D eigenvalue weighted by atomic mass is 16.7. The molecule has 1 aliphatic rings. The number of esters is 1. The van der Waals surface area contributed by atoms with Crippen LogP contribution >= 0.6 is 0 Å². The minimum atomic E-state index is -0.487. The number of carbonyl (C=O) groups excluding carboxylic acids is 2. The Morgan fingerprint density at radius 3 is 2.87 bits per heavy atom. The number of benzene rings is 1. The first-order valence-corrected chi connectivity index (χ1v) is 6.99. The number of nitrogens with one attached hydrogen (secondary N) is 1. The second-order valence-electron chi connectivity index (χ2n) is 4.70. The molecule has 0 radical (unpaired) electrons. The third-order valence-electron chi connectivity index (χ3n) is 3.15. The first-order chi connectivity index (χ1) is 11.2. The van der Waals surface area contributed by atoms with Gasteiger partial charge in [-0.1, -0.05) is 0 Å². The number of fused-ring (bicyclic) bond motifs is 1. The van der Waals surface area contributed by atoms with Crippen LogP contribution in [0.5, 0.6) is 11.5 Å². The Balaban J connectivity index is 1.45. The molecular weight excluding hydrogens is 300 g/mol. The number of hydrogen-bond donors (Lipinski definition) is 1. The van der Waals surface area contributed by atoms with Crippen molar-refractivity contribution in [3.63, 3.8) is 0 Å². The average molecular weight is 314 g/mol. The van der Waals surface area contributed by atoms with Crippen LogP contribution in [0.25, 0.3) is 0 Å². The molecule has 0 spiro atoms. The molecule has 0 saturated carbocycles. The van der Waals surface area contributed by atoms with Gasteiger partial charge in [-0.05, 0) is 30.3 Å². The molecule has 7 heteroatoms. The van der Waals surface area contributed by atoms with Gasteiger partial charge in [0.15, 0.2) is 11.5 Å². The van der Waals surface area contributed by atoms with Crippen LogP contribution in [-0.2, 0) is 4.74 Å². The van der Waals surface area contributed by atoms with E-state index in [2.05, 4.69) is 10.3 Å². The molecule has 7 nitrogen and oxygen atoms in total. The molecule has 1 N–H and O–H groups in total. The predicted molar refractivity (Wildman–Crippen MR) is 79.4 cm³/mol. The van der Waals surface area contributed by atoms with Gasteiger partial charge in [0.2, 0.25) is 6.79 Å². The maximum Gasteiger partial charge on any atom is 0.338 e. The lowest BCUT2D eigenvalue weighted by Gasteiger charge is -2.07. The van der Waals surface area contributed by atoms with Crippen molar-refractivity contribution in [3.05, 3.63) is 53.9 Å². The van der Waals surface area contributed by atoms with Gasteiger partial charge >= 0.3 is 5.97 Å². The quantitative estimate of drug-likeness (QED) is 0.663. The zero-order chi connectivity index (χ0) is 16.1. The van der Waals surface area contributed by atoms with Gasteiger partial charge in [0.25, 0.3) is 5.91 Å². The van der Waals surface area contributed by atoms with Crippen molar-refractivity contribution in [1.82, 2.24) is 10.3 Å². The Kier molecular flexibility index (Phi) is 4.37. The van der Waals surface area contributed by atoms with Crippen molar-refractivity contribution < 1.29 is 23.8 Å². The lowest BCUT2D eigenvalue weighted by molar-refractivity contribution is 0.0503. The lowest BCUT2D eigenvalue weighted by Crippen LogP contribution is -2.28. The minimum absolute atomic E-state index is 0.0687. The third-order valence-corrected chi connectivity index (χ3v) is 3.15. The van der Waals surface area contributed by atoms with Gasteiger partial charge in [-0.3, -0.25) is 9.78 Å². The number of amides is 1. The molecule has 1 aliphatic heterocycles. The SMILES string of the molecule is O=C(NCCOC(=O)c1ccc2c(c1)OCO2)c1cccnc1. The van der Waals surface area contributed by atoms with Crippen molar-refractivity contribution in [1.29, 1.82) is 0 Å². The van der Waals surface area contributed by atoms with E-state index in [4.69, 9.17) is 14.2 Å². The van der Waals surface area contributed by atoms with Gasteiger partial charge in [0.05, 0.1) is 17.7 Å². The highest BCUT2D eigenvalue weighted by Crippen LogP contribution is 2.32. The molecule has 1 aromatic heterocycles. The van der Waals surface area contributed by atoms with E-state index in [1.165, 1.54) is 6.20 Å². The van der Waals surface area contributed by atoms with Gasteiger partial charge in [-0.15, -0.1) is 0 Å². The van der Waals surface area contributed by atoms with Crippen molar-refractivity contribution in [2.75, 3.05) is 19.9 Å². The normalized spacial score (nSPS) is 11.8. The van der Waals surface area contributed by atoms with Crippen LogP contribution < -0.4 is 14.8 Å². The molecule has 0 aliphatic carbocycles. The second-order valence-corrected chi connectivity index (χ2v) is 4.70. The topological polar surface area (TPSA) is 86.8 Å². The zero-order valence-corrected chi connectivity index (χ0v) is 12.2. The first kappa shape index (κ1) is 14.8. The summed E-state index contributed by atoms with van der Waals surface area (Å²) in [6, 6.07) is 8.15. The molecule has 3 rings (SSSR count). The van der Waals surface area contributed by atoms with E-state index in [1.54, 1.807) is 36.5 Å². The standard InChI is InChI=1S/C16H14N2O5/c19-15(12-2-1-5-17-9-12)18-6-7-21-16(20)11-3-4-13-14(8-11)23-10-22-13/h1-5,8-9H,6-7,10H2,(H,18,19). The fourth-order valence-electron chi connectivity index (χ4n) is 2.01. The Hall–Kier alpha value is -3.09. The smallest absolute Gasteiger partial charge is 0.338 e. The Bertz CT molecular complexity index is 718. The number of hydrogen-bond acceptors (Lipinski definition) is 6. The van der Waals surface area contributed by atoms with Crippen LogP contribution in [0, 0.1) is 0 Å². The molecule has 1 aromatic carbocycles. The minimum Gasteiger partial charge on any atom is -0.460 e. The Labute approximate surface area is 132 Å². The molecule has 0 atom stereocenters. The molecule has 2 heterocycles. The van der Waals surface area contributed by atoms with Gasteiger partial charge in [0.1, 0.15) is 6.61 Å². The van der Waals surface area contributed by atoms with Crippen molar-refractivity contribution in [2.24, 2.45) is 0 Å². The van der Waals surface area contributed by atoms with E-state index in [9.17, 15) is 9.59 Å². The number of rotatable bonds is 5. The monoisotopic (exact) mass is 314 g/mol. The van der Waals surface area contributed by atoms with Crippen LogP contribution in [0.1, 0.15) is 20.7 Å². The van der Waals surface area contributed by atoms with Crippen LogP contribution in [0.15, 0.2) is 42.7 Å². The molecule has 2 aromatic rings. The summed E-state index contributed by atoms with van der Waals surface area (Å²) in [4.78, 5) is 27.5. The van der Waals surface area contributed by atoms with Gasteiger partial charge < -0.3 is 19.5 Å². The summed E-state index contributed by atoms with van der Waals surface area (Å²) >= 11 is 0. The summed E-state index contributed by atoms with van der Waals surface area (Å²) in [5.41, 5.74) is 0.822. The predicted octanol–water partition coefficient (Wildman–Crippen LogP) is 1.40. The largest absolute Gasteiger partial charge is 0.460 e. The van der Waals surface area contributed by atoms with Gasteiger partial charge in [0, 0.05) is 12.4 Å². The molecular formula is C16H14N2O5. The summed E-state index contributed by atoms with van der Waals surface area (Å²) in [7, 11) is 0.